The van der Waals surface area contributed by atoms with Crippen LogP contribution < -0.4 is 4.74 Å². The summed E-state index contributed by atoms with van der Waals surface area (Å²) in [5, 5.41) is 22.7. The van der Waals surface area contributed by atoms with E-state index in [0.29, 0.717) is 30.0 Å². The molecule has 1 aliphatic heterocycles. The van der Waals surface area contributed by atoms with Crippen LogP contribution in [0, 0.1) is 17.0 Å². The normalized spacial score (nSPS) is 17.0. The van der Waals surface area contributed by atoms with Crippen molar-refractivity contribution in [3.8, 4) is 5.75 Å². The molecule has 1 atom stereocenters. The minimum absolute atomic E-state index is 0.0980. The van der Waals surface area contributed by atoms with Gasteiger partial charge in [0.2, 0.25) is 0 Å². The van der Waals surface area contributed by atoms with Gasteiger partial charge in [0.15, 0.2) is 0 Å². The Morgan fingerprint density at radius 3 is 2.56 bits per heavy atom. The topological polar surface area (TPSA) is 113 Å². The smallest absolute Gasteiger partial charge is 0.295 e. The summed E-state index contributed by atoms with van der Waals surface area (Å²) >= 11 is 0. The molecule has 0 spiro atoms. The Labute approximate surface area is 210 Å². The Hall–Kier alpha value is -3.98. The number of rotatable bonds is 11. The molecule has 36 heavy (non-hydrogen) atoms. The Bertz CT molecular complexity index is 1200. The van der Waals surface area contributed by atoms with Crippen LogP contribution in [0.5, 0.6) is 5.75 Å². The summed E-state index contributed by atoms with van der Waals surface area (Å²) in [6, 6.07) is 9.80. The molecule has 1 fully saturated rings. The zero-order valence-corrected chi connectivity index (χ0v) is 20.8. The van der Waals surface area contributed by atoms with Crippen LogP contribution in [0.3, 0.4) is 0 Å². The number of nitro groups is 1. The molecule has 1 aliphatic rings. The number of benzene rings is 2. The van der Waals surface area contributed by atoms with Crippen LogP contribution in [0.25, 0.3) is 5.76 Å². The Morgan fingerprint density at radius 1 is 1.22 bits per heavy atom. The van der Waals surface area contributed by atoms with Crippen molar-refractivity contribution in [2.75, 3.05) is 32.8 Å². The Balaban J connectivity index is 2.12. The molecule has 1 N–H and O–H groups in total. The summed E-state index contributed by atoms with van der Waals surface area (Å²) in [5.74, 6) is -1.31. The van der Waals surface area contributed by atoms with Gasteiger partial charge in [0, 0.05) is 30.8 Å². The molecule has 1 saturated heterocycles. The fraction of sp³-hybridized carbons (Fsp3) is 0.333. The second-order valence-corrected chi connectivity index (χ2v) is 8.45. The lowest BCUT2D eigenvalue weighted by molar-refractivity contribution is -0.384. The number of likely N-dealkylation sites (N-methyl/N-ethyl adjacent to an activating group) is 1. The van der Waals surface area contributed by atoms with Gasteiger partial charge in [-0.25, -0.2) is 0 Å². The number of hydrogen-bond donors (Lipinski definition) is 1. The standard InChI is InChI=1S/C27H31N3O6/c1-5-15-36-22-12-11-20(16-18(22)4)25(31)23-24(19-9-8-10-21(17-19)30(34)35)29(27(33)26(23)32)14-13-28(6-2)7-3/h5,8-12,16-17,24,31H,1,6-7,13-15H2,2-4H3/t24-/m1/s1. The van der Waals surface area contributed by atoms with E-state index >= 15 is 0 Å². The van der Waals surface area contributed by atoms with Crippen LogP contribution in [-0.4, -0.2) is 64.3 Å². The first-order valence-electron chi connectivity index (χ1n) is 11.8. The average molecular weight is 494 g/mol. The monoisotopic (exact) mass is 493 g/mol. The molecule has 2 aromatic carbocycles. The van der Waals surface area contributed by atoms with Gasteiger partial charge in [0.05, 0.1) is 16.5 Å². The minimum Gasteiger partial charge on any atom is -0.507 e. The van der Waals surface area contributed by atoms with Gasteiger partial charge in [-0.05, 0) is 49.3 Å². The van der Waals surface area contributed by atoms with Crippen LogP contribution in [0.4, 0.5) is 5.69 Å². The molecule has 0 saturated carbocycles. The van der Waals surface area contributed by atoms with E-state index in [9.17, 15) is 24.8 Å². The van der Waals surface area contributed by atoms with E-state index in [2.05, 4.69) is 11.5 Å². The molecule has 0 aromatic heterocycles. The van der Waals surface area contributed by atoms with Crippen molar-refractivity contribution in [1.29, 1.82) is 0 Å². The van der Waals surface area contributed by atoms with Gasteiger partial charge >= 0.3 is 0 Å². The first-order valence-corrected chi connectivity index (χ1v) is 11.8. The molecule has 1 amide bonds. The molecule has 9 nitrogen and oxygen atoms in total. The van der Waals surface area contributed by atoms with Crippen molar-refractivity contribution in [3.63, 3.8) is 0 Å². The first kappa shape index (κ1) is 26.6. The third-order valence-electron chi connectivity index (χ3n) is 6.29. The van der Waals surface area contributed by atoms with Crippen LogP contribution >= 0.6 is 0 Å². The second-order valence-electron chi connectivity index (χ2n) is 8.45. The summed E-state index contributed by atoms with van der Waals surface area (Å²) in [6.07, 6.45) is 1.62. The van der Waals surface area contributed by atoms with Gasteiger partial charge in [-0.3, -0.25) is 19.7 Å². The number of aryl methyl sites for hydroxylation is 1. The predicted molar refractivity (Wildman–Crippen MR) is 137 cm³/mol. The molecule has 190 valence electrons. The molecular weight excluding hydrogens is 462 g/mol. The third kappa shape index (κ3) is 5.46. The number of nitrogens with zero attached hydrogens (tertiary/aromatic N) is 3. The van der Waals surface area contributed by atoms with E-state index in [0.717, 1.165) is 18.7 Å². The predicted octanol–water partition coefficient (Wildman–Crippen LogP) is 4.23. The lowest BCUT2D eigenvalue weighted by atomic mass is 9.94. The molecular formula is C27H31N3O6. The number of ketones is 1. The van der Waals surface area contributed by atoms with Crippen LogP contribution in [0.2, 0.25) is 0 Å². The van der Waals surface area contributed by atoms with Gasteiger partial charge in [-0.1, -0.05) is 38.6 Å². The zero-order chi connectivity index (χ0) is 26.4. The highest BCUT2D eigenvalue weighted by molar-refractivity contribution is 6.46. The fourth-order valence-corrected chi connectivity index (χ4v) is 4.32. The maximum atomic E-state index is 13.2. The zero-order valence-electron chi connectivity index (χ0n) is 20.8. The number of likely N-dealkylation sites (tertiary alicyclic amines) is 1. The van der Waals surface area contributed by atoms with Crippen molar-refractivity contribution < 1.29 is 24.4 Å². The molecule has 0 radical (unpaired) electrons. The number of carbonyl (C=O) groups excluding carboxylic acids is 2. The van der Waals surface area contributed by atoms with Crippen molar-refractivity contribution in [3.05, 3.63) is 87.5 Å². The number of nitro benzene ring substituents is 1. The molecule has 2 aromatic rings. The van der Waals surface area contributed by atoms with Crippen molar-refractivity contribution >= 4 is 23.1 Å². The number of hydrogen-bond acceptors (Lipinski definition) is 7. The number of Topliss-reactive ketones (excluding diaryl/α,β-unsaturated/α-hetero) is 1. The SMILES string of the molecule is C=CCOc1ccc(C(O)=C2C(=O)C(=O)N(CCN(CC)CC)[C@@H]2c2cccc([N+](=O)[O-])c2)cc1C. The summed E-state index contributed by atoms with van der Waals surface area (Å²) in [6.45, 7) is 12.0. The van der Waals surface area contributed by atoms with Crippen molar-refractivity contribution in [1.82, 2.24) is 9.80 Å². The minimum atomic E-state index is -0.961. The number of aliphatic hydroxyl groups excluding tert-OH is 1. The highest BCUT2D eigenvalue weighted by Gasteiger charge is 2.46. The van der Waals surface area contributed by atoms with E-state index in [1.54, 1.807) is 37.3 Å². The quantitative estimate of drug-likeness (QED) is 0.124. The Morgan fingerprint density at radius 2 is 1.94 bits per heavy atom. The third-order valence-corrected chi connectivity index (χ3v) is 6.29. The lowest BCUT2D eigenvalue weighted by Crippen LogP contribution is -2.38. The summed E-state index contributed by atoms with van der Waals surface area (Å²) in [7, 11) is 0. The maximum Gasteiger partial charge on any atom is 0.295 e. The Kier molecular flexibility index (Phi) is 8.60. The molecule has 9 heteroatoms. The summed E-state index contributed by atoms with van der Waals surface area (Å²) < 4.78 is 5.59. The van der Waals surface area contributed by atoms with Gasteiger partial charge in [-0.2, -0.15) is 0 Å². The number of non-ortho nitro benzene ring substituents is 1. The fourth-order valence-electron chi connectivity index (χ4n) is 4.32. The number of aliphatic hydroxyl groups is 1. The van der Waals surface area contributed by atoms with Gasteiger partial charge in [0.25, 0.3) is 17.4 Å². The summed E-state index contributed by atoms with van der Waals surface area (Å²) in [5.41, 5.74) is 1.19. The second kappa shape index (κ2) is 11.6. The van der Waals surface area contributed by atoms with Crippen LogP contribution in [0.1, 0.15) is 36.6 Å². The van der Waals surface area contributed by atoms with E-state index in [-0.39, 0.29) is 23.6 Å². The molecule has 1 heterocycles. The van der Waals surface area contributed by atoms with E-state index in [1.165, 1.54) is 23.1 Å². The van der Waals surface area contributed by atoms with Gasteiger partial charge in [0.1, 0.15) is 18.1 Å². The maximum absolute atomic E-state index is 13.2. The van der Waals surface area contributed by atoms with E-state index in [1.807, 2.05) is 13.8 Å². The molecule has 3 rings (SSSR count). The van der Waals surface area contributed by atoms with Gasteiger partial charge < -0.3 is 19.6 Å². The molecule has 0 aliphatic carbocycles. The average Bonchev–Trinajstić information content (AvgIpc) is 3.13. The highest BCUT2D eigenvalue weighted by atomic mass is 16.6. The van der Waals surface area contributed by atoms with Crippen molar-refractivity contribution in [2.24, 2.45) is 0 Å². The van der Waals surface area contributed by atoms with Gasteiger partial charge in [-0.15, -0.1) is 0 Å². The largest absolute Gasteiger partial charge is 0.507 e. The van der Waals surface area contributed by atoms with Crippen molar-refractivity contribution in [2.45, 2.75) is 26.8 Å². The molecule has 0 bridgehead atoms. The van der Waals surface area contributed by atoms with E-state index < -0.39 is 22.7 Å². The summed E-state index contributed by atoms with van der Waals surface area (Å²) in [4.78, 5) is 40.7. The lowest BCUT2D eigenvalue weighted by Gasteiger charge is -2.28. The van der Waals surface area contributed by atoms with Crippen LogP contribution in [-0.2, 0) is 9.59 Å². The molecule has 0 unspecified atom stereocenters. The van der Waals surface area contributed by atoms with Crippen LogP contribution in [0.15, 0.2) is 60.7 Å². The highest BCUT2D eigenvalue weighted by Crippen LogP contribution is 2.40. The first-order chi connectivity index (χ1) is 17.2. The number of ether oxygens (including phenoxy) is 1. The number of carbonyl (C=O) groups is 2. The van der Waals surface area contributed by atoms with E-state index in [4.69, 9.17) is 4.74 Å². The number of amides is 1.